The number of carbonyl (C=O) groups excluding carboxylic acids is 1. The first-order valence-corrected chi connectivity index (χ1v) is 14.6. The molecule has 2 atom stereocenters. The molecule has 1 N–H and O–H groups in total. The number of carbonyl (C=O) groups is 1. The third kappa shape index (κ3) is 9.84. The van der Waals surface area contributed by atoms with Gasteiger partial charge < -0.3 is 9.63 Å². The molecule has 12 nitrogen and oxygen atoms in total. The first-order valence-electron chi connectivity index (χ1n) is 13.1. The molecule has 0 radical (unpaired) electrons. The summed E-state index contributed by atoms with van der Waals surface area (Å²) in [5.74, 6) is -2.50. The van der Waals surface area contributed by atoms with Crippen molar-refractivity contribution in [3.8, 4) is 0 Å². The van der Waals surface area contributed by atoms with Crippen LogP contribution in [0.15, 0.2) is 43.5 Å². The first-order chi connectivity index (χ1) is 19.1. The van der Waals surface area contributed by atoms with E-state index in [-0.39, 0.29) is 25.1 Å². The Morgan fingerprint density at radius 1 is 1.02 bits per heavy atom. The fourth-order valence-electron chi connectivity index (χ4n) is 4.26. The smallest absolute Gasteiger partial charge is 0.435 e. The third-order valence-electron chi connectivity index (χ3n) is 6.04. The van der Waals surface area contributed by atoms with Gasteiger partial charge >= 0.3 is 13.8 Å². The Morgan fingerprint density at radius 2 is 1.62 bits per heavy atom. The van der Waals surface area contributed by atoms with E-state index >= 15 is 4.39 Å². The summed E-state index contributed by atoms with van der Waals surface area (Å²) in [5.41, 5.74) is -2.30. The zero-order valence-electron chi connectivity index (χ0n) is 22.6. The zero-order valence-corrected chi connectivity index (χ0v) is 23.5. The van der Waals surface area contributed by atoms with Gasteiger partial charge in [-0.3, -0.25) is 9.32 Å². The molecule has 3 rings (SSSR count). The minimum Gasteiger partial charge on any atom is -0.435 e. The SMILES string of the molecule is CCCCCCCCCC(=O)OC(C)OP(=O)(O)OC(Cn1cncn1)(Cn1cncn1)c1ccc(F)cc1F. The van der Waals surface area contributed by atoms with Crippen molar-refractivity contribution in [2.45, 2.75) is 90.2 Å². The lowest BCUT2D eigenvalue weighted by molar-refractivity contribution is -0.164. The van der Waals surface area contributed by atoms with Crippen LogP contribution in [0.1, 0.15) is 70.8 Å². The highest BCUT2D eigenvalue weighted by Gasteiger charge is 2.45. The van der Waals surface area contributed by atoms with Gasteiger partial charge in [-0.15, -0.1) is 0 Å². The molecule has 2 aromatic heterocycles. The van der Waals surface area contributed by atoms with Gasteiger partial charge in [-0.05, 0) is 19.4 Å². The Balaban J connectivity index is 1.74. The number of halogens is 2. The summed E-state index contributed by atoms with van der Waals surface area (Å²) >= 11 is 0. The third-order valence-corrected chi connectivity index (χ3v) is 7.19. The lowest BCUT2D eigenvalue weighted by atomic mass is 9.93. The number of phosphoric acid groups is 1. The van der Waals surface area contributed by atoms with Gasteiger partial charge in [0, 0.05) is 18.1 Å². The van der Waals surface area contributed by atoms with E-state index in [2.05, 4.69) is 27.1 Å². The van der Waals surface area contributed by atoms with E-state index in [4.69, 9.17) is 13.8 Å². The van der Waals surface area contributed by atoms with Crippen molar-refractivity contribution in [3.63, 3.8) is 0 Å². The number of rotatable bonds is 18. The molecular weight excluding hydrogens is 549 g/mol. The largest absolute Gasteiger partial charge is 0.476 e. The van der Waals surface area contributed by atoms with Crippen LogP contribution in [-0.4, -0.2) is 46.7 Å². The number of hydrogen-bond acceptors (Lipinski definition) is 9. The van der Waals surface area contributed by atoms with Crippen LogP contribution >= 0.6 is 7.82 Å². The zero-order chi connectivity index (χ0) is 29.0. The Morgan fingerprint density at radius 3 is 2.17 bits per heavy atom. The highest BCUT2D eigenvalue weighted by molar-refractivity contribution is 7.47. The average molecular weight is 585 g/mol. The van der Waals surface area contributed by atoms with Crippen LogP contribution in [-0.2, 0) is 41.8 Å². The second-order valence-electron chi connectivity index (χ2n) is 9.40. The maximum absolute atomic E-state index is 15.2. The maximum atomic E-state index is 15.2. The lowest BCUT2D eigenvalue weighted by Crippen LogP contribution is -2.40. The molecule has 0 saturated heterocycles. The van der Waals surface area contributed by atoms with Crippen molar-refractivity contribution < 1.29 is 36.8 Å². The first kappa shape index (κ1) is 31.5. The molecule has 0 aliphatic heterocycles. The van der Waals surface area contributed by atoms with Gasteiger partial charge in [0.2, 0.25) is 6.29 Å². The summed E-state index contributed by atoms with van der Waals surface area (Å²) in [4.78, 5) is 30.7. The van der Waals surface area contributed by atoms with E-state index in [1.54, 1.807) is 0 Å². The van der Waals surface area contributed by atoms with Gasteiger partial charge in [-0.2, -0.15) is 10.2 Å². The topological polar surface area (TPSA) is 143 Å². The van der Waals surface area contributed by atoms with Gasteiger partial charge in [0.05, 0.1) is 13.1 Å². The Bertz CT molecular complexity index is 1190. The highest BCUT2D eigenvalue weighted by Crippen LogP contribution is 2.52. The van der Waals surface area contributed by atoms with Gasteiger partial charge in [-0.1, -0.05) is 51.5 Å². The number of esters is 1. The molecule has 0 spiro atoms. The number of ether oxygens (including phenoxy) is 1. The fourth-order valence-corrected chi connectivity index (χ4v) is 5.38. The number of hydrogen-bond donors (Lipinski definition) is 1. The predicted octanol–water partition coefficient (Wildman–Crippen LogP) is 4.91. The summed E-state index contributed by atoms with van der Waals surface area (Å²) in [6.45, 7) is 2.71. The molecule has 0 saturated carbocycles. The number of unbranched alkanes of at least 4 members (excludes halogenated alkanes) is 6. The lowest BCUT2D eigenvalue weighted by Gasteiger charge is -2.35. The van der Waals surface area contributed by atoms with E-state index < -0.39 is 37.3 Å². The maximum Gasteiger partial charge on any atom is 0.476 e. The summed E-state index contributed by atoms with van der Waals surface area (Å²) in [6, 6.07) is 2.69. The molecule has 2 unspecified atom stereocenters. The molecule has 0 aliphatic rings. The second-order valence-corrected chi connectivity index (χ2v) is 10.7. The van der Waals surface area contributed by atoms with E-state index in [9.17, 15) is 18.6 Å². The summed E-state index contributed by atoms with van der Waals surface area (Å²) in [5, 5.41) is 7.98. The van der Waals surface area contributed by atoms with Gasteiger partial charge in [0.1, 0.15) is 42.5 Å². The molecule has 0 amide bonds. The number of phosphoric ester groups is 1. The monoisotopic (exact) mass is 584 g/mol. The molecule has 3 aromatic rings. The van der Waals surface area contributed by atoms with Crippen molar-refractivity contribution >= 4 is 13.8 Å². The Kier molecular flexibility index (Phi) is 11.9. The standard InChI is InChI=1S/C25H35F2N6O6P/c1-3-4-5-6-7-8-9-10-24(34)37-20(2)38-40(35,36)39-25(14-32-18-28-16-30-32,15-33-19-29-17-31-33)22-12-11-21(26)13-23(22)27/h11-13,16-20H,3-10,14-15H2,1-2H3,(H,35,36). The van der Waals surface area contributed by atoms with E-state index in [1.165, 1.54) is 48.0 Å². The van der Waals surface area contributed by atoms with Crippen molar-refractivity contribution in [1.29, 1.82) is 0 Å². The summed E-state index contributed by atoms with van der Waals surface area (Å²) in [7, 11) is -5.07. The van der Waals surface area contributed by atoms with Gasteiger partial charge in [0.25, 0.3) is 0 Å². The average Bonchev–Trinajstić information content (AvgIpc) is 3.57. The van der Waals surface area contributed by atoms with Gasteiger partial charge in [-0.25, -0.2) is 37.2 Å². The van der Waals surface area contributed by atoms with Crippen LogP contribution in [0.4, 0.5) is 8.78 Å². The highest BCUT2D eigenvalue weighted by atomic mass is 31.2. The molecule has 0 bridgehead atoms. The van der Waals surface area contributed by atoms with E-state index in [0.717, 1.165) is 44.2 Å². The number of aromatic nitrogens is 6. The van der Waals surface area contributed by atoms with Gasteiger partial charge in [0.15, 0.2) is 0 Å². The molecule has 1 aromatic carbocycles. The van der Waals surface area contributed by atoms with Crippen LogP contribution in [0.25, 0.3) is 0 Å². The molecule has 2 heterocycles. The molecule has 0 aliphatic carbocycles. The van der Waals surface area contributed by atoms with Crippen LogP contribution in [0.5, 0.6) is 0 Å². The van der Waals surface area contributed by atoms with Crippen LogP contribution in [0.2, 0.25) is 0 Å². The van der Waals surface area contributed by atoms with Crippen LogP contribution in [0, 0.1) is 11.6 Å². The molecule has 40 heavy (non-hydrogen) atoms. The van der Waals surface area contributed by atoms with Crippen molar-refractivity contribution in [2.24, 2.45) is 0 Å². The second kappa shape index (κ2) is 15.1. The fraction of sp³-hybridized carbons (Fsp3) is 0.560. The minimum absolute atomic E-state index is 0.126. The van der Waals surface area contributed by atoms with Crippen LogP contribution < -0.4 is 0 Å². The minimum atomic E-state index is -5.07. The summed E-state index contributed by atoms with van der Waals surface area (Å²) < 4.78 is 60.6. The number of benzene rings is 1. The molecule has 15 heteroatoms. The van der Waals surface area contributed by atoms with Crippen molar-refractivity contribution in [3.05, 3.63) is 60.7 Å². The molecule has 220 valence electrons. The molecular formula is C25H35F2N6O6P. The normalized spacial score (nSPS) is 14.1. The van der Waals surface area contributed by atoms with E-state index in [0.29, 0.717) is 12.5 Å². The molecule has 0 fully saturated rings. The Hall–Kier alpha value is -3.06. The number of nitrogens with zero attached hydrogens (tertiary/aromatic N) is 6. The Labute approximate surface area is 231 Å². The quantitative estimate of drug-likeness (QED) is 0.0948. The van der Waals surface area contributed by atoms with E-state index in [1.807, 2.05) is 0 Å². The van der Waals surface area contributed by atoms with Crippen molar-refractivity contribution in [2.75, 3.05) is 0 Å². The predicted molar refractivity (Wildman–Crippen MR) is 138 cm³/mol. The summed E-state index contributed by atoms with van der Waals surface area (Å²) in [6.07, 6.45) is 10.8. The van der Waals surface area contributed by atoms with Crippen LogP contribution in [0.3, 0.4) is 0 Å². The van der Waals surface area contributed by atoms with Crippen molar-refractivity contribution in [1.82, 2.24) is 29.5 Å².